The van der Waals surface area contributed by atoms with Crippen LogP contribution < -0.4 is 4.90 Å². The fourth-order valence-corrected chi connectivity index (χ4v) is 3.44. The van der Waals surface area contributed by atoms with Gasteiger partial charge in [-0.3, -0.25) is 4.90 Å². The molecule has 0 spiro atoms. The van der Waals surface area contributed by atoms with Crippen LogP contribution in [0.5, 0.6) is 0 Å². The minimum atomic E-state index is 0.553. The Kier molecular flexibility index (Phi) is 5.11. The van der Waals surface area contributed by atoms with E-state index >= 15 is 0 Å². The molecule has 4 rings (SSSR count). The summed E-state index contributed by atoms with van der Waals surface area (Å²) in [7, 11) is 0. The van der Waals surface area contributed by atoms with Crippen molar-refractivity contribution in [1.29, 1.82) is 0 Å². The highest BCUT2D eigenvalue weighted by molar-refractivity contribution is 6.31. The van der Waals surface area contributed by atoms with Crippen LogP contribution in [0.15, 0.2) is 53.1 Å². The van der Waals surface area contributed by atoms with E-state index in [1.54, 1.807) is 0 Å². The van der Waals surface area contributed by atoms with E-state index in [2.05, 4.69) is 26.0 Å². The second-order valence-corrected chi connectivity index (χ2v) is 7.11. The first-order valence-electron chi connectivity index (χ1n) is 8.49. The zero-order chi connectivity index (χ0) is 17.9. The highest BCUT2D eigenvalue weighted by Crippen LogP contribution is 2.24. The Bertz CT molecular complexity index is 891. The molecule has 26 heavy (non-hydrogen) atoms. The van der Waals surface area contributed by atoms with Gasteiger partial charge in [0.2, 0.25) is 5.82 Å². The van der Waals surface area contributed by atoms with Crippen molar-refractivity contribution >= 4 is 29.2 Å². The van der Waals surface area contributed by atoms with Gasteiger partial charge in [-0.05, 0) is 23.8 Å². The van der Waals surface area contributed by atoms with Gasteiger partial charge in [-0.1, -0.05) is 58.7 Å². The monoisotopic (exact) mass is 388 g/mol. The maximum Gasteiger partial charge on any atom is 0.324 e. The number of hydrogen-bond donors (Lipinski definition) is 0. The van der Waals surface area contributed by atoms with Crippen molar-refractivity contribution in [2.24, 2.45) is 0 Å². The summed E-state index contributed by atoms with van der Waals surface area (Å²) in [5.41, 5.74) is 2.01. The fourth-order valence-electron chi connectivity index (χ4n) is 3.05. The molecule has 0 amide bonds. The highest BCUT2D eigenvalue weighted by atomic mass is 35.5. The van der Waals surface area contributed by atoms with Crippen molar-refractivity contribution < 1.29 is 4.52 Å². The SMILES string of the molecule is Clc1cccc(-c2noc(N3CCN(Cc4ccccc4Cl)CC3)n2)c1. The van der Waals surface area contributed by atoms with E-state index in [-0.39, 0.29) is 0 Å². The first-order valence-corrected chi connectivity index (χ1v) is 9.25. The molecule has 1 saturated heterocycles. The van der Waals surface area contributed by atoms with Crippen LogP contribution in [0.1, 0.15) is 5.56 Å². The number of hydrogen-bond acceptors (Lipinski definition) is 5. The first-order chi connectivity index (χ1) is 12.7. The Morgan fingerprint density at radius 1 is 0.962 bits per heavy atom. The van der Waals surface area contributed by atoms with E-state index < -0.39 is 0 Å². The summed E-state index contributed by atoms with van der Waals surface area (Å²) in [6.45, 7) is 4.36. The Hall–Kier alpha value is -2.08. The molecule has 0 N–H and O–H groups in total. The van der Waals surface area contributed by atoms with Crippen LogP contribution in [-0.2, 0) is 6.54 Å². The maximum absolute atomic E-state index is 6.26. The number of benzene rings is 2. The van der Waals surface area contributed by atoms with Crippen molar-refractivity contribution in [2.45, 2.75) is 6.54 Å². The second kappa shape index (κ2) is 7.66. The molecule has 134 valence electrons. The van der Waals surface area contributed by atoms with Crippen LogP contribution in [-0.4, -0.2) is 41.2 Å². The number of piperazine rings is 1. The van der Waals surface area contributed by atoms with Crippen LogP contribution in [0, 0.1) is 0 Å². The predicted molar refractivity (Wildman–Crippen MR) is 104 cm³/mol. The number of anilines is 1. The number of rotatable bonds is 4. The molecule has 0 bridgehead atoms. The standard InChI is InChI=1S/C19H18Cl2N4O/c20-16-6-3-5-14(12-16)18-22-19(26-23-18)25-10-8-24(9-11-25)13-15-4-1-2-7-17(15)21/h1-7,12H,8-11,13H2. The zero-order valence-electron chi connectivity index (χ0n) is 14.1. The zero-order valence-corrected chi connectivity index (χ0v) is 15.6. The van der Waals surface area contributed by atoms with Crippen LogP contribution >= 0.6 is 23.2 Å². The molecule has 1 aromatic heterocycles. The molecule has 0 aliphatic carbocycles. The highest BCUT2D eigenvalue weighted by Gasteiger charge is 2.22. The van der Waals surface area contributed by atoms with Gasteiger partial charge in [0.25, 0.3) is 0 Å². The molecular formula is C19H18Cl2N4O. The largest absolute Gasteiger partial charge is 0.324 e. The number of aromatic nitrogens is 2. The lowest BCUT2D eigenvalue weighted by atomic mass is 10.2. The third-order valence-electron chi connectivity index (χ3n) is 4.49. The van der Waals surface area contributed by atoms with Gasteiger partial charge in [-0.25, -0.2) is 0 Å². The molecule has 1 aliphatic heterocycles. The van der Waals surface area contributed by atoms with Gasteiger partial charge < -0.3 is 9.42 Å². The summed E-state index contributed by atoms with van der Waals surface area (Å²) in [4.78, 5) is 9.01. The lowest BCUT2D eigenvalue weighted by Gasteiger charge is -2.33. The quantitative estimate of drug-likeness (QED) is 0.663. The maximum atomic E-state index is 6.26. The topological polar surface area (TPSA) is 45.4 Å². The third kappa shape index (κ3) is 3.85. The average molecular weight is 389 g/mol. The van der Waals surface area contributed by atoms with Crippen LogP contribution in [0.2, 0.25) is 10.0 Å². The smallest absolute Gasteiger partial charge is 0.322 e. The van der Waals surface area contributed by atoms with Crippen molar-refractivity contribution in [1.82, 2.24) is 15.0 Å². The fraction of sp³-hybridized carbons (Fsp3) is 0.263. The van der Waals surface area contributed by atoms with E-state index in [1.807, 2.05) is 42.5 Å². The lowest BCUT2D eigenvalue weighted by molar-refractivity contribution is 0.242. The molecule has 2 heterocycles. The molecular weight excluding hydrogens is 371 g/mol. The molecule has 0 atom stereocenters. The van der Waals surface area contributed by atoms with Crippen molar-refractivity contribution in [3.8, 4) is 11.4 Å². The normalized spacial score (nSPS) is 15.4. The van der Waals surface area contributed by atoms with Gasteiger partial charge in [-0.2, -0.15) is 4.98 Å². The molecule has 1 fully saturated rings. The molecule has 5 nitrogen and oxygen atoms in total. The third-order valence-corrected chi connectivity index (χ3v) is 5.10. The van der Waals surface area contributed by atoms with E-state index in [9.17, 15) is 0 Å². The lowest BCUT2D eigenvalue weighted by Crippen LogP contribution is -2.46. The van der Waals surface area contributed by atoms with E-state index in [1.165, 1.54) is 0 Å². The Balaban J connectivity index is 1.39. The van der Waals surface area contributed by atoms with E-state index in [0.29, 0.717) is 16.9 Å². The Morgan fingerprint density at radius 3 is 2.54 bits per heavy atom. The second-order valence-electron chi connectivity index (χ2n) is 6.27. The number of nitrogens with zero attached hydrogens (tertiary/aromatic N) is 4. The van der Waals surface area contributed by atoms with Crippen LogP contribution in [0.3, 0.4) is 0 Å². The molecule has 7 heteroatoms. The summed E-state index contributed by atoms with van der Waals surface area (Å²) in [5, 5.41) is 5.56. The molecule has 0 saturated carbocycles. The van der Waals surface area contributed by atoms with Crippen molar-refractivity contribution in [3.05, 3.63) is 64.1 Å². The summed E-state index contributed by atoms with van der Waals surface area (Å²) in [6, 6.07) is 16.0. The Labute approximate surface area is 162 Å². The predicted octanol–water partition coefficient (Wildman–Crippen LogP) is 4.37. The molecule has 0 radical (unpaired) electrons. The van der Waals surface area contributed by atoms with Crippen LogP contribution in [0.25, 0.3) is 11.4 Å². The molecule has 3 aromatic rings. The summed E-state index contributed by atoms with van der Waals surface area (Å²) >= 11 is 12.3. The summed E-state index contributed by atoms with van der Waals surface area (Å²) in [6.07, 6.45) is 0. The van der Waals surface area contributed by atoms with Crippen LogP contribution in [0.4, 0.5) is 6.01 Å². The van der Waals surface area contributed by atoms with Crippen molar-refractivity contribution in [3.63, 3.8) is 0 Å². The van der Waals surface area contributed by atoms with E-state index in [4.69, 9.17) is 27.7 Å². The summed E-state index contributed by atoms with van der Waals surface area (Å²) < 4.78 is 5.45. The van der Waals surface area contributed by atoms with Gasteiger partial charge >= 0.3 is 6.01 Å². The van der Waals surface area contributed by atoms with E-state index in [0.717, 1.165) is 48.9 Å². The van der Waals surface area contributed by atoms with Gasteiger partial charge in [0, 0.05) is 48.3 Å². The molecule has 0 unspecified atom stereocenters. The van der Waals surface area contributed by atoms with Gasteiger partial charge in [0.1, 0.15) is 0 Å². The summed E-state index contributed by atoms with van der Waals surface area (Å²) in [5.74, 6) is 0.556. The van der Waals surface area contributed by atoms with Gasteiger partial charge in [-0.15, -0.1) is 0 Å². The molecule has 2 aromatic carbocycles. The van der Waals surface area contributed by atoms with Gasteiger partial charge in [0.15, 0.2) is 0 Å². The molecule has 1 aliphatic rings. The minimum Gasteiger partial charge on any atom is -0.322 e. The minimum absolute atomic E-state index is 0.553. The van der Waals surface area contributed by atoms with Crippen molar-refractivity contribution in [2.75, 3.05) is 31.1 Å². The number of halogens is 2. The first kappa shape index (κ1) is 17.3. The van der Waals surface area contributed by atoms with Gasteiger partial charge in [0.05, 0.1) is 0 Å². The average Bonchev–Trinajstić information content (AvgIpc) is 3.14. The Morgan fingerprint density at radius 2 is 1.77 bits per heavy atom.